The second-order valence-corrected chi connectivity index (χ2v) is 6.57. The molecule has 1 saturated heterocycles. The topological polar surface area (TPSA) is 29.1 Å². The van der Waals surface area contributed by atoms with Crippen LogP contribution in [0.25, 0.3) is 12.2 Å². The first-order valence-corrected chi connectivity index (χ1v) is 8.55. The lowest BCUT2D eigenvalue weighted by molar-refractivity contribution is -0.112. The average molecular weight is 358 g/mol. The quantitative estimate of drug-likeness (QED) is 0.764. The minimum Gasteiger partial charge on any atom is -0.312 e. The smallest absolute Gasteiger partial charge is 0.186 e. The summed E-state index contributed by atoms with van der Waals surface area (Å²) >= 11 is 11.8. The van der Waals surface area contributed by atoms with Gasteiger partial charge in [-0.2, -0.15) is 0 Å². The molecule has 1 aliphatic rings. The number of carbonyl (C=O) groups is 1. The molecule has 0 radical (unpaired) electrons. The van der Waals surface area contributed by atoms with Gasteiger partial charge in [0.2, 0.25) is 0 Å². The van der Waals surface area contributed by atoms with Gasteiger partial charge in [0.25, 0.3) is 0 Å². The largest absolute Gasteiger partial charge is 0.312 e. The van der Waals surface area contributed by atoms with E-state index >= 15 is 0 Å². The van der Waals surface area contributed by atoms with E-state index in [1.807, 2.05) is 60.7 Å². The van der Waals surface area contributed by atoms with Crippen molar-refractivity contribution in [1.29, 1.82) is 0 Å². The molecule has 1 fully saturated rings. The highest BCUT2D eigenvalue weighted by atomic mass is 35.5. The van der Waals surface area contributed by atoms with Crippen LogP contribution in [-0.2, 0) is 4.79 Å². The predicted molar refractivity (Wildman–Crippen MR) is 101 cm³/mol. The van der Waals surface area contributed by atoms with Crippen LogP contribution in [0.1, 0.15) is 17.5 Å². The summed E-state index contributed by atoms with van der Waals surface area (Å²) in [6.45, 7) is 1.35. The minimum absolute atomic E-state index is 0.0879. The molecule has 0 amide bonds. The molecule has 3 rings (SSSR count). The number of hydrogen-bond donors (Lipinski definition) is 1. The third-order valence-electron chi connectivity index (χ3n) is 3.89. The molecule has 0 saturated carbocycles. The SMILES string of the molecule is O=C1/C(=C/c2ccc(Cl)cc2)CCNC/C1=C\c1ccc(Cl)cc1. The zero-order chi connectivity index (χ0) is 16.9. The maximum Gasteiger partial charge on any atom is 0.186 e. The van der Waals surface area contributed by atoms with Crippen molar-refractivity contribution >= 4 is 41.1 Å². The molecule has 0 spiro atoms. The maximum absolute atomic E-state index is 12.9. The molecule has 4 heteroatoms. The molecule has 1 heterocycles. The Bertz CT molecular complexity index is 722. The molecule has 122 valence electrons. The summed E-state index contributed by atoms with van der Waals surface area (Å²) in [6.07, 6.45) is 4.58. The molecular formula is C20H17Cl2NO. The Labute approximate surface area is 151 Å². The van der Waals surface area contributed by atoms with Gasteiger partial charge in [-0.05, 0) is 60.5 Å². The first-order valence-electron chi connectivity index (χ1n) is 7.79. The van der Waals surface area contributed by atoms with Crippen molar-refractivity contribution < 1.29 is 4.79 Å². The summed E-state index contributed by atoms with van der Waals surface area (Å²) in [4.78, 5) is 12.9. The second-order valence-electron chi connectivity index (χ2n) is 5.70. The minimum atomic E-state index is 0.0879. The van der Waals surface area contributed by atoms with Crippen LogP contribution < -0.4 is 5.32 Å². The summed E-state index contributed by atoms with van der Waals surface area (Å²) in [5, 5.41) is 4.68. The lowest BCUT2D eigenvalue weighted by Gasteiger charge is -2.05. The van der Waals surface area contributed by atoms with Gasteiger partial charge >= 0.3 is 0 Å². The van der Waals surface area contributed by atoms with E-state index in [0.29, 0.717) is 23.0 Å². The molecule has 1 N–H and O–H groups in total. The van der Waals surface area contributed by atoms with Crippen LogP contribution in [0.15, 0.2) is 59.7 Å². The Hall–Kier alpha value is -1.87. The average Bonchev–Trinajstić information content (AvgIpc) is 2.75. The Morgan fingerprint density at radius 2 is 1.29 bits per heavy atom. The van der Waals surface area contributed by atoms with E-state index < -0.39 is 0 Å². The van der Waals surface area contributed by atoms with Gasteiger partial charge in [-0.3, -0.25) is 4.79 Å². The van der Waals surface area contributed by atoms with Crippen molar-refractivity contribution in [2.75, 3.05) is 13.1 Å². The molecule has 0 aliphatic carbocycles. The Morgan fingerprint density at radius 1 is 0.792 bits per heavy atom. The van der Waals surface area contributed by atoms with Crippen molar-refractivity contribution in [1.82, 2.24) is 5.32 Å². The molecule has 0 bridgehead atoms. The van der Waals surface area contributed by atoms with E-state index in [1.54, 1.807) is 0 Å². The normalized spacial score (nSPS) is 18.8. The van der Waals surface area contributed by atoms with Gasteiger partial charge in [-0.1, -0.05) is 47.5 Å². The first kappa shape index (κ1) is 17.0. The van der Waals surface area contributed by atoms with Crippen LogP contribution >= 0.6 is 23.2 Å². The number of halogens is 2. The lowest BCUT2D eigenvalue weighted by Crippen LogP contribution is -2.16. The zero-order valence-electron chi connectivity index (χ0n) is 13.1. The number of Topliss-reactive ketones (excluding diaryl/α,β-unsaturated/α-hetero) is 1. The van der Waals surface area contributed by atoms with E-state index in [2.05, 4.69) is 5.32 Å². The fourth-order valence-electron chi connectivity index (χ4n) is 2.62. The Morgan fingerprint density at radius 3 is 1.83 bits per heavy atom. The fraction of sp³-hybridized carbons (Fsp3) is 0.150. The van der Waals surface area contributed by atoms with Gasteiger partial charge in [0.05, 0.1) is 0 Å². The van der Waals surface area contributed by atoms with Gasteiger partial charge in [0.15, 0.2) is 5.78 Å². The number of rotatable bonds is 2. The van der Waals surface area contributed by atoms with Gasteiger partial charge in [-0.25, -0.2) is 0 Å². The summed E-state index contributed by atoms with van der Waals surface area (Å²) in [7, 11) is 0. The summed E-state index contributed by atoms with van der Waals surface area (Å²) in [5.41, 5.74) is 3.52. The number of hydrogen-bond acceptors (Lipinski definition) is 2. The van der Waals surface area contributed by atoms with Crippen LogP contribution in [0.4, 0.5) is 0 Å². The molecule has 24 heavy (non-hydrogen) atoms. The van der Waals surface area contributed by atoms with Gasteiger partial charge in [0, 0.05) is 27.7 Å². The number of nitrogens with one attached hydrogen (secondary N) is 1. The molecule has 1 aliphatic heterocycles. The number of benzene rings is 2. The van der Waals surface area contributed by atoms with Gasteiger partial charge in [-0.15, -0.1) is 0 Å². The standard InChI is InChI=1S/C20H17Cl2NO/c21-18-5-1-14(2-6-18)11-16-9-10-23-13-17(20(16)24)12-15-3-7-19(22)8-4-15/h1-8,11-12,23H,9-10,13H2/b16-11+,17-12+. The molecule has 2 aromatic carbocycles. The molecule has 2 nitrogen and oxygen atoms in total. The van der Waals surface area contributed by atoms with Crippen molar-refractivity contribution in [2.45, 2.75) is 6.42 Å². The third kappa shape index (κ3) is 4.35. The van der Waals surface area contributed by atoms with E-state index in [-0.39, 0.29) is 5.78 Å². The van der Waals surface area contributed by atoms with Gasteiger partial charge < -0.3 is 5.32 Å². The van der Waals surface area contributed by atoms with Crippen molar-refractivity contribution in [3.8, 4) is 0 Å². The fourth-order valence-corrected chi connectivity index (χ4v) is 2.87. The van der Waals surface area contributed by atoms with Crippen LogP contribution in [0.5, 0.6) is 0 Å². The highest BCUT2D eigenvalue weighted by molar-refractivity contribution is 6.30. The predicted octanol–water partition coefficient (Wildman–Crippen LogP) is 5.02. The Balaban J connectivity index is 1.90. The highest BCUT2D eigenvalue weighted by Crippen LogP contribution is 2.21. The Kier molecular flexibility index (Phi) is 5.52. The number of carbonyl (C=O) groups excluding carboxylic acids is 1. The van der Waals surface area contributed by atoms with Crippen molar-refractivity contribution in [3.63, 3.8) is 0 Å². The van der Waals surface area contributed by atoms with E-state index in [1.165, 1.54) is 0 Å². The van der Waals surface area contributed by atoms with Crippen molar-refractivity contribution in [2.24, 2.45) is 0 Å². The second kappa shape index (κ2) is 7.80. The highest BCUT2D eigenvalue weighted by Gasteiger charge is 2.18. The van der Waals surface area contributed by atoms with E-state index in [9.17, 15) is 4.79 Å². The van der Waals surface area contributed by atoms with E-state index in [0.717, 1.165) is 28.8 Å². The molecular weight excluding hydrogens is 341 g/mol. The summed E-state index contributed by atoms with van der Waals surface area (Å²) in [6, 6.07) is 15.0. The van der Waals surface area contributed by atoms with Crippen LogP contribution in [0, 0.1) is 0 Å². The van der Waals surface area contributed by atoms with Crippen LogP contribution in [0.3, 0.4) is 0 Å². The first-order chi connectivity index (χ1) is 11.6. The van der Waals surface area contributed by atoms with Gasteiger partial charge in [0.1, 0.15) is 0 Å². The summed E-state index contributed by atoms with van der Waals surface area (Å²) < 4.78 is 0. The summed E-state index contributed by atoms with van der Waals surface area (Å²) in [5.74, 6) is 0.0879. The van der Waals surface area contributed by atoms with Crippen LogP contribution in [0.2, 0.25) is 10.0 Å². The molecule has 2 aromatic rings. The molecule has 0 atom stereocenters. The third-order valence-corrected chi connectivity index (χ3v) is 4.40. The maximum atomic E-state index is 12.9. The van der Waals surface area contributed by atoms with E-state index in [4.69, 9.17) is 23.2 Å². The van der Waals surface area contributed by atoms with Crippen molar-refractivity contribution in [3.05, 3.63) is 80.8 Å². The van der Waals surface area contributed by atoms with Crippen LogP contribution in [-0.4, -0.2) is 18.9 Å². The monoisotopic (exact) mass is 357 g/mol. The number of ketones is 1. The molecule has 0 aromatic heterocycles. The lowest BCUT2D eigenvalue weighted by atomic mass is 9.98. The molecule has 0 unspecified atom stereocenters. The zero-order valence-corrected chi connectivity index (χ0v) is 14.6.